The van der Waals surface area contributed by atoms with Gasteiger partial charge in [-0.3, -0.25) is 9.52 Å². The van der Waals surface area contributed by atoms with Gasteiger partial charge in [-0.2, -0.15) is 0 Å². The van der Waals surface area contributed by atoms with Gasteiger partial charge in [0.15, 0.2) is 17.4 Å². The second-order valence-corrected chi connectivity index (χ2v) is 8.86. The van der Waals surface area contributed by atoms with Crippen LogP contribution in [0.4, 0.5) is 17.3 Å². The van der Waals surface area contributed by atoms with Crippen LogP contribution in [0.5, 0.6) is 5.75 Å². The number of nitrogens with zero attached hydrogens (tertiary/aromatic N) is 2. The molecule has 0 spiro atoms. The molecule has 1 aromatic heterocycles. The van der Waals surface area contributed by atoms with E-state index in [4.69, 9.17) is 4.74 Å². The molecule has 33 heavy (non-hydrogen) atoms. The molecule has 0 atom stereocenters. The highest BCUT2D eigenvalue weighted by molar-refractivity contribution is 7.92. The van der Waals surface area contributed by atoms with Crippen molar-refractivity contribution in [1.82, 2.24) is 9.97 Å². The topological polar surface area (TPSA) is 110 Å². The summed E-state index contributed by atoms with van der Waals surface area (Å²) in [6, 6.07) is 20.1. The van der Waals surface area contributed by atoms with Crippen LogP contribution in [0, 0.1) is 0 Å². The number of carbonyl (C=O) groups excluding carboxylic acids is 1. The number of benzene rings is 3. The van der Waals surface area contributed by atoms with Gasteiger partial charge in [-0.05, 0) is 62.4 Å². The number of fused-ring (bicyclic) bond motifs is 1. The lowest BCUT2D eigenvalue weighted by molar-refractivity contribution is 0.101. The van der Waals surface area contributed by atoms with E-state index < -0.39 is 10.0 Å². The van der Waals surface area contributed by atoms with Crippen LogP contribution >= 0.6 is 0 Å². The molecule has 4 rings (SSSR count). The third kappa shape index (κ3) is 5.09. The van der Waals surface area contributed by atoms with E-state index in [1.54, 1.807) is 54.6 Å². The number of sulfonamides is 1. The minimum atomic E-state index is -3.95. The first kappa shape index (κ1) is 22.2. The zero-order valence-corrected chi connectivity index (χ0v) is 18.9. The molecule has 0 amide bonds. The van der Waals surface area contributed by atoms with Crippen molar-refractivity contribution in [1.29, 1.82) is 0 Å². The van der Waals surface area contributed by atoms with Gasteiger partial charge in [0.1, 0.15) is 5.75 Å². The fourth-order valence-electron chi connectivity index (χ4n) is 3.18. The largest absolute Gasteiger partial charge is 0.494 e. The summed E-state index contributed by atoms with van der Waals surface area (Å²) in [7, 11) is -3.95. The molecule has 0 bridgehead atoms. The van der Waals surface area contributed by atoms with Crippen molar-refractivity contribution in [3.05, 3.63) is 78.4 Å². The normalized spacial score (nSPS) is 11.2. The van der Waals surface area contributed by atoms with E-state index in [9.17, 15) is 13.2 Å². The summed E-state index contributed by atoms with van der Waals surface area (Å²) in [5.41, 5.74) is 2.22. The minimum absolute atomic E-state index is 0.0378. The third-order valence-electron chi connectivity index (χ3n) is 4.78. The number of anilines is 3. The Kier molecular flexibility index (Phi) is 6.23. The van der Waals surface area contributed by atoms with E-state index in [0.29, 0.717) is 34.6 Å². The van der Waals surface area contributed by atoms with Gasteiger partial charge in [0.25, 0.3) is 10.0 Å². The molecular formula is C24H22N4O4S. The van der Waals surface area contributed by atoms with E-state index in [0.717, 1.165) is 0 Å². The van der Waals surface area contributed by atoms with Crippen LogP contribution in [0.25, 0.3) is 11.0 Å². The Labute approximate surface area is 191 Å². The van der Waals surface area contributed by atoms with E-state index in [1.807, 2.05) is 13.0 Å². The number of hydrogen-bond donors (Lipinski definition) is 2. The molecule has 1 heterocycles. The fraction of sp³-hybridized carbons (Fsp3) is 0.125. The average molecular weight is 463 g/mol. The van der Waals surface area contributed by atoms with Crippen molar-refractivity contribution >= 4 is 44.2 Å². The highest BCUT2D eigenvalue weighted by Gasteiger charge is 2.19. The lowest BCUT2D eigenvalue weighted by Crippen LogP contribution is -2.16. The molecule has 0 saturated heterocycles. The summed E-state index contributed by atoms with van der Waals surface area (Å²) >= 11 is 0. The molecule has 168 valence electrons. The van der Waals surface area contributed by atoms with Crippen LogP contribution in [-0.2, 0) is 10.0 Å². The molecule has 2 N–H and O–H groups in total. The summed E-state index contributed by atoms with van der Waals surface area (Å²) < 4.78 is 34.0. The first-order valence-corrected chi connectivity index (χ1v) is 11.7. The summed E-state index contributed by atoms with van der Waals surface area (Å²) in [4.78, 5) is 20.8. The number of hydrogen-bond acceptors (Lipinski definition) is 7. The summed E-state index contributed by atoms with van der Waals surface area (Å²) in [5.74, 6) is 0.744. The van der Waals surface area contributed by atoms with Crippen LogP contribution in [-0.4, -0.2) is 30.8 Å². The Morgan fingerprint density at radius 3 is 2.21 bits per heavy atom. The van der Waals surface area contributed by atoms with E-state index in [1.165, 1.54) is 19.1 Å². The van der Waals surface area contributed by atoms with Crippen LogP contribution in [0.15, 0.2) is 77.7 Å². The molecule has 0 aliphatic carbocycles. The molecule has 0 fully saturated rings. The minimum Gasteiger partial charge on any atom is -0.494 e. The maximum Gasteiger partial charge on any atom is 0.263 e. The Bertz CT molecular complexity index is 1420. The van der Waals surface area contributed by atoms with Gasteiger partial charge in [0.2, 0.25) is 0 Å². The fourth-order valence-corrected chi connectivity index (χ4v) is 4.19. The number of rotatable bonds is 8. The lowest BCUT2D eigenvalue weighted by Gasteiger charge is -2.14. The van der Waals surface area contributed by atoms with Crippen molar-refractivity contribution < 1.29 is 17.9 Å². The molecule has 4 aromatic rings. The smallest absolute Gasteiger partial charge is 0.263 e. The predicted molar refractivity (Wildman–Crippen MR) is 128 cm³/mol. The van der Waals surface area contributed by atoms with Gasteiger partial charge in [0.05, 0.1) is 22.5 Å². The molecule has 9 heteroatoms. The van der Waals surface area contributed by atoms with Gasteiger partial charge in [-0.15, -0.1) is 0 Å². The second-order valence-electron chi connectivity index (χ2n) is 7.18. The number of ether oxygens (including phenoxy) is 1. The highest BCUT2D eigenvalue weighted by atomic mass is 32.2. The standard InChI is InChI=1S/C24H22N4O4S/c1-3-32-19-11-13-20(14-12-19)33(30,31)28-24-23(26-21-9-4-5-10-22(21)27-24)25-18-8-6-7-17(15-18)16(2)29/h4-15H,3H2,1-2H3,(H,25,26)(H,27,28). The first-order chi connectivity index (χ1) is 15.9. The van der Waals surface area contributed by atoms with Crippen LogP contribution in [0.2, 0.25) is 0 Å². The first-order valence-electron chi connectivity index (χ1n) is 10.3. The van der Waals surface area contributed by atoms with Crippen molar-refractivity contribution in [2.24, 2.45) is 0 Å². The SMILES string of the molecule is CCOc1ccc(S(=O)(=O)Nc2nc3ccccc3nc2Nc2cccc(C(C)=O)c2)cc1. The molecule has 0 radical (unpaired) electrons. The highest BCUT2D eigenvalue weighted by Crippen LogP contribution is 2.28. The van der Waals surface area contributed by atoms with Gasteiger partial charge < -0.3 is 10.1 Å². The lowest BCUT2D eigenvalue weighted by atomic mass is 10.1. The van der Waals surface area contributed by atoms with Crippen LogP contribution < -0.4 is 14.8 Å². The van der Waals surface area contributed by atoms with E-state index in [2.05, 4.69) is 20.0 Å². The predicted octanol–water partition coefficient (Wildman–Crippen LogP) is 4.78. The Hall–Kier alpha value is -3.98. The quantitative estimate of drug-likeness (QED) is 0.363. The molecule has 0 unspecified atom stereocenters. The third-order valence-corrected chi connectivity index (χ3v) is 6.13. The second kappa shape index (κ2) is 9.25. The number of para-hydroxylation sites is 2. The van der Waals surface area contributed by atoms with Gasteiger partial charge in [0, 0.05) is 11.3 Å². The van der Waals surface area contributed by atoms with Crippen molar-refractivity contribution in [3.8, 4) is 5.75 Å². The Balaban J connectivity index is 1.72. The van der Waals surface area contributed by atoms with Crippen LogP contribution in [0.1, 0.15) is 24.2 Å². The number of aromatic nitrogens is 2. The molecule has 0 saturated carbocycles. The number of nitrogens with one attached hydrogen (secondary N) is 2. The van der Waals surface area contributed by atoms with Crippen molar-refractivity contribution in [3.63, 3.8) is 0 Å². The maximum absolute atomic E-state index is 13.1. The van der Waals surface area contributed by atoms with Crippen molar-refractivity contribution in [2.45, 2.75) is 18.7 Å². The molecule has 8 nitrogen and oxygen atoms in total. The molecule has 3 aromatic carbocycles. The van der Waals surface area contributed by atoms with Gasteiger partial charge >= 0.3 is 0 Å². The van der Waals surface area contributed by atoms with Crippen LogP contribution in [0.3, 0.4) is 0 Å². The monoisotopic (exact) mass is 462 g/mol. The number of Topliss-reactive ketones (excluding diaryl/α,β-unsaturated/α-hetero) is 1. The zero-order chi connectivity index (χ0) is 23.4. The Morgan fingerprint density at radius 1 is 0.909 bits per heavy atom. The Morgan fingerprint density at radius 2 is 1.58 bits per heavy atom. The molecular weight excluding hydrogens is 440 g/mol. The number of carbonyl (C=O) groups is 1. The maximum atomic E-state index is 13.1. The average Bonchev–Trinajstić information content (AvgIpc) is 2.80. The van der Waals surface area contributed by atoms with Crippen molar-refractivity contribution in [2.75, 3.05) is 16.6 Å². The summed E-state index contributed by atoms with van der Waals surface area (Å²) in [6.45, 7) is 3.81. The molecule has 0 aliphatic rings. The summed E-state index contributed by atoms with van der Waals surface area (Å²) in [6.07, 6.45) is 0. The van der Waals surface area contributed by atoms with Gasteiger partial charge in [-0.25, -0.2) is 18.4 Å². The number of ketones is 1. The van der Waals surface area contributed by atoms with E-state index in [-0.39, 0.29) is 22.3 Å². The van der Waals surface area contributed by atoms with E-state index >= 15 is 0 Å². The summed E-state index contributed by atoms with van der Waals surface area (Å²) in [5, 5.41) is 3.09. The zero-order valence-electron chi connectivity index (χ0n) is 18.1. The molecule has 0 aliphatic heterocycles. The van der Waals surface area contributed by atoms with Gasteiger partial charge in [-0.1, -0.05) is 24.3 Å².